The summed E-state index contributed by atoms with van der Waals surface area (Å²) in [6.45, 7) is 0.600. The monoisotopic (exact) mass is 442 g/mol. The van der Waals surface area contributed by atoms with Crippen LogP contribution in [0.2, 0.25) is 0 Å². The average Bonchev–Trinajstić information content (AvgIpc) is 2.38. The maximum absolute atomic E-state index is 9.06. The summed E-state index contributed by atoms with van der Waals surface area (Å²) in [5.74, 6) is 0. The highest BCUT2D eigenvalue weighted by molar-refractivity contribution is 9.11. The summed E-state index contributed by atoms with van der Waals surface area (Å²) in [5, 5.41) is 12.4. The van der Waals surface area contributed by atoms with Crippen molar-refractivity contribution in [3.63, 3.8) is 0 Å². The van der Waals surface area contributed by atoms with Gasteiger partial charge in [0.1, 0.15) is 0 Å². The molecule has 0 saturated heterocycles. The standard InChI is InChI=1S/C14H9Br3N2/c15-11-5-12(16)14(13(17)6-11)19-8-10-4-2-1-3-9(10)7-18/h1-6,19H,8H2. The highest BCUT2D eigenvalue weighted by Crippen LogP contribution is 2.34. The van der Waals surface area contributed by atoms with Gasteiger partial charge in [0, 0.05) is 20.0 Å². The fourth-order valence-electron chi connectivity index (χ4n) is 1.68. The van der Waals surface area contributed by atoms with Crippen LogP contribution in [0.15, 0.2) is 49.8 Å². The second-order valence-corrected chi connectivity index (χ2v) is 6.49. The molecule has 2 rings (SSSR count). The molecular weight excluding hydrogens is 436 g/mol. The van der Waals surface area contributed by atoms with Crippen molar-refractivity contribution in [1.29, 1.82) is 5.26 Å². The van der Waals surface area contributed by atoms with Crippen LogP contribution < -0.4 is 5.32 Å². The zero-order chi connectivity index (χ0) is 13.8. The van der Waals surface area contributed by atoms with Gasteiger partial charge in [0.25, 0.3) is 0 Å². The van der Waals surface area contributed by atoms with Crippen LogP contribution in [0.1, 0.15) is 11.1 Å². The molecule has 0 radical (unpaired) electrons. The van der Waals surface area contributed by atoms with Crippen LogP contribution >= 0.6 is 47.8 Å². The lowest BCUT2D eigenvalue weighted by atomic mass is 10.1. The molecule has 5 heteroatoms. The van der Waals surface area contributed by atoms with E-state index in [9.17, 15) is 0 Å². The molecule has 0 atom stereocenters. The molecule has 0 bridgehead atoms. The SMILES string of the molecule is N#Cc1ccccc1CNc1c(Br)cc(Br)cc1Br. The van der Waals surface area contributed by atoms with Gasteiger partial charge in [-0.25, -0.2) is 0 Å². The molecule has 2 aromatic carbocycles. The molecule has 0 saturated carbocycles. The molecule has 0 amide bonds. The van der Waals surface area contributed by atoms with Crippen LogP contribution in [0.4, 0.5) is 5.69 Å². The number of nitrogens with zero attached hydrogens (tertiary/aromatic N) is 1. The predicted molar refractivity (Wildman–Crippen MR) is 88.0 cm³/mol. The smallest absolute Gasteiger partial charge is 0.0995 e. The Morgan fingerprint density at radius 1 is 1.05 bits per heavy atom. The maximum atomic E-state index is 9.06. The van der Waals surface area contributed by atoms with Crippen molar-refractivity contribution in [2.24, 2.45) is 0 Å². The molecular formula is C14H9Br3N2. The number of anilines is 1. The number of nitrogens with one attached hydrogen (secondary N) is 1. The number of hydrogen-bond acceptors (Lipinski definition) is 2. The predicted octanol–water partition coefficient (Wildman–Crippen LogP) is 5.46. The molecule has 19 heavy (non-hydrogen) atoms. The number of halogens is 3. The number of benzene rings is 2. The number of hydrogen-bond donors (Lipinski definition) is 1. The third-order valence-electron chi connectivity index (χ3n) is 2.60. The Kier molecular flexibility index (Phi) is 5.03. The van der Waals surface area contributed by atoms with Crippen molar-refractivity contribution in [2.45, 2.75) is 6.54 Å². The van der Waals surface area contributed by atoms with Crippen molar-refractivity contribution in [1.82, 2.24) is 0 Å². The average molecular weight is 445 g/mol. The molecule has 1 N–H and O–H groups in total. The topological polar surface area (TPSA) is 35.8 Å². The van der Waals surface area contributed by atoms with E-state index in [-0.39, 0.29) is 0 Å². The fourth-order valence-corrected chi connectivity index (χ4v) is 4.22. The van der Waals surface area contributed by atoms with Crippen molar-refractivity contribution in [3.8, 4) is 6.07 Å². The number of nitriles is 1. The quantitative estimate of drug-likeness (QED) is 0.682. The van der Waals surface area contributed by atoms with E-state index < -0.39 is 0 Å². The van der Waals surface area contributed by atoms with Gasteiger partial charge in [0.2, 0.25) is 0 Å². The van der Waals surface area contributed by atoms with Gasteiger partial charge in [-0.3, -0.25) is 0 Å². The summed E-state index contributed by atoms with van der Waals surface area (Å²) in [7, 11) is 0. The Hall–Kier alpha value is -0.830. The van der Waals surface area contributed by atoms with E-state index in [2.05, 4.69) is 59.2 Å². The zero-order valence-electron chi connectivity index (χ0n) is 9.75. The second-order valence-electron chi connectivity index (χ2n) is 3.87. The van der Waals surface area contributed by atoms with E-state index in [0.29, 0.717) is 12.1 Å². The van der Waals surface area contributed by atoms with Gasteiger partial charge in [0.05, 0.1) is 17.3 Å². The van der Waals surface area contributed by atoms with E-state index in [1.165, 1.54) is 0 Å². The van der Waals surface area contributed by atoms with Crippen molar-refractivity contribution < 1.29 is 0 Å². The first-order valence-electron chi connectivity index (χ1n) is 5.48. The molecule has 0 aliphatic carbocycles. The molecule has 0 aliphatic heterocycles. The van der Waals surface area contributed by atoms with Crippen LogP contribution in [0.5, 0.6) is 0 Å². The lowest BCUT2D eigenvalue weighted by Gasteiger charge is -2.12. The lowest BCUT2D eigenvalue weighted by Crippen LogP contribution is -2.02. The summed E-state index contributed by atoms with van der Waals surface area (Å²) >= 11 is 10.5. The zero-order valence-corrected chi connectivity index (χ0v) is 14.5. The van der Waals surface area contributed by atoms with Crippen LogP contribution in [0, 0.1) is 11.3 Å². The highest BCUT2D eigenvalue weighted by atomic mass is 79.9. The summed E-state index contributed by atoms with van der Waals surface area (Å²) in [4.78, 5) is 0. The highest BCUT2D eigenvalue weighted by Gasteiger charge is 2.07. The first-order chi connectivity index (χ1) is 9.11. The third-order valence-corrected chi connectivity index (χ3v) is 4.31. The van der Waals surface area contributed by atoms with Gasteiger partial charge in [-0.15, -0.1) is 0 Å². The summed E-state index contributed by atoms with van der Waals surface area (Å²) in [6, 6.07) is 13.7. The number of rotatable bonds is 3. The summed E-state index contributed by atoms with van der Waals surface area (Å²) < 4.78 is 2.92. The molecule has 2 nitrogen and oxygen atoms in total. The van der Waals surface area contributed by atoms with E-state index in [1.54, 1.807) is 0 Å². The lowest BCUT2D eigenvalue weighted by molar-refractivity contribution is 1.13. The van der Waals surface area contributed by atoms with Crippen molar-refractivity contribution in [3.05, 3.63) is 60.9 Å². The van der Waals surface area contributed by atoms with Gasteiger partial charge in [-0.2, -0.15) is 5.26 Å². The van der Waals surface area contributed by atoms with Crippen LogP contribution in [-0.2, 0) is 6.54 Å². The van der Waals surface area contributed by atoms with Gasteiger partial charge in [-0.05, 0) is 55.6 Å². The van der Waals surface area contributed by atoms with E-state index in [0.717, 1.165) is 24.7 Å². The summed E-state index contributed by atoms with van der Waals surface area (Å²) in [6.07, 6.45) is 0. The minimum absolute atomic E-state index is 0.600. The molecule has 0 fully saturated rings. The Balaban J connectivity index is 2.22. The van der Waals surface area contributed by atoms with E-state index in [1.807, 2.05) is 36.4 Å². The third kappa shape index (κ3) is 3.59. The minimum Gasteiger partial charge on any atom is -0.379 e. The molecule has 2 aromatic rings. The molecule has 0 spiro atoms. The Labute approximate surface area is 137 Å². The first kappa shape index (κ1) is 14.6. The molecule has 96 valence electrons. The van der Waals surface area contributed by atoms with Crippen LogP contribution in [-0.4, -0.2) is 0 Å². The largest absolute Gasteiger partial charge is 0.379 e. The van der Waals surface area contributed by atoms with Crippen molar-refractivity contribution >= 4 is 53.5 Å². The molecule has 0 aromatic heterocycles. The summed E-state index contributed by atoms with van der Waals surface area (Å²) in [5.41, 5.74) is 2.64. The minimum atomic E-state index is 0.600. The Morgan fingerprint density at radius 3 is 2.32 bits per heavy atom. The van der Waals surface area contributed by atoms with Gasteiger partial charge >= 0.3 is 0 Å². The molecule has 0 aliphatic rings. The Bertz CT molecular complexity index is 624. The molecule has 0 heterocycles. The van der Waals surface area contributed by atoms with Gasteiger partial charge < -0.3 is 5.32 Å². The normalized spacial score (nSPS) is 10.0. The molecule has 0 unspecified atom stereocenters. The fraction of sp³-hybridized carbons (Fsp3) is 0.0714. The van der Waals surface area contributed by atoms with Crippen molar-refractivity contribution in [2.75, 3.05) is 5.32 Å². The van der Waals surface area contributed by atoms with E-state index in [4.69, 9.17) is 5.26 Å². The van der Waals surface area contributed by atoms with Crippen LogP contribution in [0.25, 0.3) is 0 Å². The van der Waals surface area contributed by atoms with Crippen LogP contribution in [0.3, 0.4) is 0 Å². The maximum Gasteiger partial charge on any atom is 0.0995 e. The second kappa shape index (κ2) is 6.56. The van der Waals surface area contributed by atoms with Gasteiger partial charge in [-0.1, -0.05) is 34.1 Å². The first-order valence-corrected chi connectivity index (χ1v) is 7.86. The van der Waals surface area contributed by atoms with Gasteiger partial charge in [0.15, 0.2) is 0 Å². The van der Waals surface area contributed by atoms with E-state index >= 15 is 0 Å². The Morgan fingerprint density at radius 2 is 1.68 bits per heavy atom.